The van der Waals surface area contributed by atoms with Crippen LogP contribution in [-0.4, -0.2) is 60.7 Å². The van der Waals surface area contributed by atoms with Crippen molar-refractivity contribution in [3.05, 3.63) is 11.0 Å². The van der Waals surface area contributed by atoms with E-state index in [9.17, 15) is 9.59 Å². The minimum atomic E-state index is -0.727. The van der Waals surface area contributed by atoms with E-state index in [2.05, 4.69) is 0 Å². The number of nitrogens with zero attached hydrogens (tertiary/aromatic N) is 1. The van der Waals surface area contributed by atoms with Crippen LogP contribution in [0.25, 0.3) is 0 Å². The zero-order valence-electron chi connectivity index (χ0n) is 12.9. The standard InChI is InChI=1S/C14H21NO5S/c1-14(2,3)20-13(17)9-8(6-18-4)7-21-12-10(19-5)11(16)15(9)12/h7,9-10,12H,6H2,1-5H3/t9?,10-,12?/m0/s1. The molecule has 0 aromatic rings. The number of rotatable bonds is 4. The molecule has 118 valence electrons. The monoisotopic (exact) mass is 315 g/mol. The number of ether oxygens (including phenoxy) is 3. The second-order valence-corrected chi connectivity index (χ2v) is 6.98. The Kier molecular flexibility index (Phi) is 4.65. The summed E-state index contributed by atoms with van der Waals surface area (Å²) in [5.41, 5.74) is 0.125. The van der Waals surface area contributed by atoms with Crippen LogP contribution >= 0.6 is 11.8 Å². The molecule has 0 radical (unpaired) electrons. The van der Waals surface area contributed by atoms with Gasteiger partial charge in [0.1, 0.15) is 11.0 Å². The first kappa shape index (κ1) is 16.3. The van der Waals surface area contributed by atoms with Crippen LogP contribution < -0.4 is 0 Å². The van der Waals surface area contributed by atoms with Crippen LogP contribution in [0.4, 0.5) is 0 Å². The number of amides is 1. The van der Waals surface area contributed by atoms with E-state index in [4.69, 9.17) is 14.2 Å². The van der Waals surface area contributed by atoms with Crippen LogP contribution in [0.1, 0.15) is 20.8 Å². The molecule has 7 heteroatoms. The van der Waals surface area contributed by atoms with Crippen LogP contribution in [0.2, 0.25) is 0 Å². The molecule has 1 amide bonds. The minimum absolute atomic E-state index is 0.180. The molecule has 0 bridgehead atoms. The summed E-state index contributed by atoms with van der Waals surface area (Å²) in [6.45, 7) is 5.69. The first-order valence-corrected chi connectivity index (χ1v) is 7.65. The van der Waals surface area contributed by atoms with Gasteiger partial charge in [-0.3, -0.25) is 4.79 Å². The highest BCUT2D eigenvalue weighted by Crippen LogP contribution is 2.41. The maximum atomic E-state index is 12.5. The highest BCUT2D eigenvalue weighted by molar-refractivity contribution is 8.02. The van der Waals surface area contributed by atoms with Gasteiger partial charge in [0.05, 0.1) is 6.61 Å². The van der Waals surface area contributed by atoms with E-state index >= 15 is 0 Å². The summed E-state index contributed by atoms with van der Waals surface area (Å²) in [6, 6.07) is -0.727. The molecule has 2 aliphatic heterocycles. The third-order valence-electron chi connectivity index (χ3n) is 3.21. The Bertz CT molecular complexity index is 470. The number of hydrogen-bond acceptors (Lipinski definition) is 6. The lowest BCUT2D eigenvalue weighted by molar-refractivity contribution is -0.178. The Morgan fingerprint density at radius 2 is 2.05 bits per heavy atom. The highest BCUT2D eigenvalue weighted by atomic mass is 32.2. The number of β-lactam (4-membered cyclic amide) rings is 1. The molecular formula is C14H21NO5S. The summed E-state index contributed by atoms with van der Waals surface area (Å²) in [6.07, 6.45) is -0.500. The molecule has 1 saturated heterocycles. The molecule has 2 heterocycles. The van der Waals surface area contributed by atoms with Gasteiger partial charge in [0, 0.05) is 14.2 Å². The van der Waals surface area contributed by atoms with Crippen molar-refractivity contribution in [3.63, 3.8) is 0 Å². The van der Waals surface area contributed by atoms with Gasteiger partial charge in [-0.25, -0.2) is 4.79 Å². The smallest absolute Gasteiger partial charge is 0.333 e. The number of carbonyl (C=O) groups is 2. The van der Waals surface area contributed by atoms with Crippen LogP contribution in [0.5, 0.6) is 0 Å². The fourth-order valence-corrected chi connectivity index (χ4v) is 3.63. The van der Waals surface area contributed by atoms with Crippen LogP contribution in [0, 0.1) is 0 Å². The average Bonchev–Trinajstić information content (AvgIpc) is 2.37. The second kappa shape index (κ2) is 5.98. The normalized spacial score (nSPS) is 28.6. The maximum absolute atomic E-state index is 12.5. The zero-order chi connectivity index (χ0) is 15.8. The molecule has 0 aromatic carbocycles. The summed E-state index contributed by atoms with van der Waals surface area (Å²) >= 11 is 1.47. The summed E-state index contributed by atoms with van der Waals surface area (Å²) in [5.74, 6) is -0.619. The Hall–Kier alpha value is -1.05. The minimum Gasteiger partial charge on any atom is -0.458 e. The number of hydrogen-bond donors (Lipinski definition) is 0. The number of fused-ring (bicyclic) bond motifs is 1. The largest absolute Gasteiger partial charge is 0.458 e. The molecule has 2 rings (SSSR count). The van der Waals surface area contributed by atoms with Crippen molar-refractivity contribution in [2.75, 3.05) is 20.8 Å². The van der Waals surface area contributed by atoms with Gasteiger partial charge >= 0.3 is 5.97 Å². The number of carbonyl (C=O) groups excluding carboxylic acids is 2. The van der Waals surface area contributed by atoms with E-state index in [1.807, 2.05) is 5.41 Å². The first-order valence-electron chi connectivity index (χ1n) is 6.71. The quantitative estimate of drug-likeness (QED) is 0.573. The van der Waals surface area contributed by atoms with Crippen LogP contribution in [0.15, 0.2) is 11.0 Å². The van der Waals surface area contributed by atoms with E-state index in [1.165, 1.54) is 23.8 Å². The van der Waals surface area contributed by atoms with Crippen LogP contribution in [0.3, 0.4) is 0 Å². The van der Waals surface area contributed by atoms with E-state index < -0.39 is 23.7 Å². The molecule has 21 heavy (non-hydrogen) atoms. The van der Waals surface area contributed by atoms with Crippen molar-refractivity contribution in [3.8, 4) is 0 Å². The summed E-state index contributed by atoms with van der Waals surface area (Å²) in [4.78, 5) is 26.2. The van der Waals surface area contributed by atoms with Gasteiger partial charge in [0.15, 0.2) is 12.1 Å². The molecule has 1 fully saturated rings. The Morgan fingerprint density at radius 1 is 1.38 bits per heavy atom. The lowest BCUT2D eigenvalue weighted by Gasteiger charge is -2.51. The predicted octanol–water partition coefficient (Wildman–Crippen LogP) is 1.16. The van der Waals surface area contributed by atoms with Crippen molar-refractivity contribution in [1.29, 1.82) is 0 Å². The predicted molar refractivity (Wildman–Crippen MR) is 78.6 cm³/mol. The number of methoxy groups -OCH3 is 2. The molecule has 3 atom stereocenters. The molecule has 0 spiro atoms. The van der Waals surface area contributed by atoms with E-state index in [0.29, 0.717) is 0 Å². The first-order chi connectivity index (χ1) is 9.80. The fourth-order valence-electron chi connectivity index (χ4n) is 2.39. The molecule has 6 nitrogen and oxygen atoms in total. The molecule has 2 aliphatic rings. The van der Waals surface area contributed by atoms with Crippen molar-refractivity contribution < 1.29 is 23.8 Å². The second-order valence-electron chi connectivity index (χ2n) is 5.99. The highest BCUT2D eigenvalue weighted by Gasteiger charge is 2.56. The van der Waals surface area contributed by atoms with Gasteiger partial charge in [0.2, 0.25) is 0 Å². The third-order valence-corrected chi connectivity index (χ3v) is 4.41. The van der Waals surface area contributed by atoms with Crippen molar-refractivity contribution in [2.45, 2.75) is 43.9 Å². The van der Waals surface area contributed by atoms with E-state index in [1.54, 1.807) is 27.9 Å². The maximum Gasteiger partial charge on any atom is 0.333 e. The third kappa shape index (κ3) is 3.09. The summed E-state index contributed by atoms with van der Waals surface area (Å²) in [5, 5.41) is 1.69. The lowest BCUT2D eigenvalue weighted by Crippen LogP contribution is -2.70. The van der Waals surface area contributed by atoms with Gasteiger partial charge in [-0.2, -0.15) is 0 Å². The molecule has 0 aliphatic carbocycles. The molecule has 2 unspecified atom stereocenters. The average molecular weight is 315 g/mol. The van der Waals surface area contributed by atoms with Crippen molar-refractivity contribution >= 4 is 23.6 Å². The molecule has 0 saturated carbocycles. The van der Waals surface area contributed by atoms with Gasteiger partial charge in [-0.15, -0.1) is 11.8 Å². The van der Waals surface area contributed by atoms with Gasteiger partial charge in [-0.1, -0.05) is 0 Å². The van der Waals surface area contributed by atoms with E-state index in [0.717, 1.165) is 5.57 Å². The molecule has 0 N–H and O–H groups in total. The zero-order valence-corrected chi connectivity index (χ0v) is 13.7. The van der Waals surface area contributed by atoms with Gasteiger partial charge in [0.25, 0.3) is 5.91 Å². The van der Waals surface area contributed by atoms with Crippen molar-refractivity contribution in [2.24, 2.45) is 0 Å². The number of esters is 1. The topological polar surface area (TPSA) is 65.1 Å². The Labute approximate surface area is 128 Å². The fraction of sp³-hybridized carbons (Fsp3) is 0.714. The SMILES string of the molecule is COCC1=CSC2[C@@H](OC)C(=O)N2C1C(=O)OC(C)(C)C. The number of thioether (sulfide) groups is 1. The Morgan fingerprint density at radius 3 is 2.57 bits per heavy atom. The summed E-state index contributed by atoms with van der Waals surface area (Å²) < 4.78 is 15.7. The Balaban J connectivity index is 2.25. The summed E-state index contributed by atoms with van der Waals surface area (Å²) in [7, 11) is 3.05. The van der Waals surface area contributed by atoms with Gasteiger partial charge < -0.3 is 19.1 Å². The lowest BCUT2D eigenvalue weighted by atomic mass is 9.99. The molecular weight excluding hydrogens is 294 g/mol. The van der Waals surface area contributed by atoms with Gasteiger partial charge in [-0.05, 0) is 31.8 Å². The van der Waals surface area contributed by atoms with Crippen LogP contribution in [-0.2, 0) is 23.8 Å². The van der Waals surface area contributed by atoms with E-state index in [-0.39, 0.29) is 17.9 Å². The molecule has 0 aromatic heterocycles. The van der Waals surface area contributed by atoms with Crippen molar-refractivity contribution in [1.82, 2.24) is 4.90 Å².